The first-order valence-electron chi connectivity index (χ1n) is 7.82. The Hall–Kier alpha value is -1.74. The lowest BCUT2D eigenvalue weighted by Gasteiger charge is -2.19. The lowest BCUT2D eigenvalue weighted by molar-refractivity contribution is 0.340. The van der Waals surface area contributed by atoms with Gasteiger partial charge >= 0.3 is 0 Å². The number of ether oxygens (including phenoxy) is 1. The predicted octanol–water partition coefficient (Wildman–Crippen LogP) is 4.33. The van der Waals surface area contributed by atoms with Gasteiger partial charge in [-0.15, -0.1) is 0 Å². The summed E-state index contributed by atoms with van der Waals surface area (Å²) in [4.78, 5) is 0. The van der Waals surface area contributed by atoms with Crippen LogP contribution in [0.3, 0.4) is 0 Å². The van der Waals surface area contributed by atoms with Crippen LogP contribution in [0.25, 0.3) is 0 Å². The molecule has 0 radical (unpaired) electrons. The van der Waals surface area contributed by atoms with Crippen molar-refractivity contribution in [3.63, 3.8) is 0 Å². The average Bonchev–Trinajstić information content (AvgIpc) is 2.98. The molecule has 1 atom stereocenters. The van der Waals surface area contributed by atoms with E-state index in [0.29, 0.717) is 6.61 Å². The second kappa shape index (κ2) is 7.89. The van der Waals surface area contributed by atoms with E-state index in [9.17, 15) is 0 Å². The van der Waals surface area contributed by atoms with E-state index in [0.717, 1.165) is 30.9 Å². The van der Waals surface area contributed by atoms with E-state index in [1.807, 2.05) is 19.1 Å². The summed E-state index contributed by atoms with van der Waals surface area (Å²) in [5.74, 6) is 1.97. The molecule has 0 spiro atoms. The van der Waals surface area contributed by atoms with Crippen molar-refractivity contribution in [2.75, 3.05) is 13.2 Å². The molecule has 0 fully saturated rings. The Morgan fingerprint density at radius 2 is 1.86 bits per heavy atom. The maximum Gasteiger partial charge on any atom is 0.119 e. The fraction of sp³-hybridized carbons (Fsp3) is 0.444. The second-order valence-corrected chi connectivity index (χ2v) is 5.04. The van der Waals surface area contributed by atoms with E-state index in [4.69, 9.17) is 9.15 Å². The molecule has 1 N–H and O–H groups in total. The zero-order valence-corrected chi connectivity index (χ0v) is 13.2. The minimum absolute atomic E-state index is 0.175. The first-order chi connectivity index (χ1) is 10.3. The number of aryl methyl sites for hydroxylation is 1. The summed E-state index contributed by atoms with van der Waals surface area (Å²) in [7, 11) is 0. The number of furan rings is 1. The lowest BCUT2D eigenvalue weighted by atomic mass is 9.98. The third kappa shape index (κ3) is 3.88. The van der Waals surface area contributed by atoms with E-state index in [1.54, 1.807) is 6.26 Å². The topological polar surface area (TPSA) is 34.4 Å². The highest BCUT2D eigenvalue weighted by atomic mass is 16.5. The number of nitrogens with one attached hydrogen (secondary N) is 1. The molecule has 3 heteroatoms. The molecule has 0 saturated carbocycles. The zero-order valence-electron chi connectivity index (χ0n) is 13.2. The molecule has 2 rings (SSSR count). The van der Waals surface area contributed by atoms with Gasteiger partial charge in [-0.3, -0.25) is 0 Å². The molecule has 1 aromatic carbocycles. The van der Waals surface area contributed by atoms with Gasteiger partial charge in [0.1, 0.15) is 11.5 Å². The monoisotopic (exact) mass is 287 g/mol. The standard InChI is InChI=1S/C18H25NO2/c1-4-12-19-18(16-11-13-21-17(16)5-2)14-7-9-15(10-8-14)20-6-3/h7-11,13,18-19H,4-6,12H2,1-3H3. The summed E-state index contributed by atoms with van der Waals surface area (Å²) >= 11 is 0. The second-order valence-electron chi connectivity index (χ2n) is 5.04. The predicted molar refractivity (Wildman–Crippen MR) is 85.8 cm³/mol. The zero-order chi connectivity index (χ0) is 15.1. The molecule has 0 aliphatic heterocycles. The van der Waals surface area contributed by atoms with Crippen molar-refractivity contribution in [3.05, 3.63) is 53.5 Å². The highest BCUT2D eigenvalue weighted by Crippen LogP contribution is 2.28. The number of benzene rings is 1. The molecule has 0 saturated heterocycles. The highest BCUT2D eigenvalue weighted by molar-refractivity contribution is 5.36. The molecule has 0 bridgehead atoms. The van der Waals surface area contributed by atoms with E-state index < -0.39 is 0 Å². The Kier molecular flexibility index (Phi) is 5.88. The number of hydrogen-bond acceptors (Lipinski definition) is 3. The molecular weight excluding hydrogens is 262 g/mol. The smallest absolute Gasteiger partial charge is 0.119 e. The summed E-state index contributed by atoms with van der Waals surface area (Å²) in [5.41, 5.74) is 2.47. The highest BCUT2D eigenvalue weighted by Gasteiger charge is 2.18. The minimum atomic E-state index is 0.175. The molecule has 114 valence electrons. The minimum Gasteiger partial charge on any atom is -0.494 e. The first-order valence-corrected chi connectivity index (χ1v) is 7.82. The number of hydrogen-bond donors (Lipinski definition) is 1. The summed E-state index contributed by atoms with van der Waals surface area (Å²) in [6, 6.07) is 10.6. The van der Waals surface area contributed by atoms with Crippen molar-refractivity contribution in [1.29, 1.82) is 0 Å². The first kappa shape index (κ1) is 15.6. The molecule has 3 nitrogen and oxygen atoms in total. The van der Waals surface area contributed by atoms with Crippen LogP contribution in [0.4, 0.5) is 0 Å². The van der Waals surface area contributed by atoms with Crippen molar-refractivity contribution >= 4 is 0 Å². The van der Waals surface area contributed by atoms with Crippen molar-refractivity contribution in [2.45, 2.75) is 39.7 Å². The van der Waals surface area contributed by atoms with Crippen molar-refractivity contribution in [1.82, 2.24) is 5.32 Å². The Morgan fingerprint density at radius 1 is 1.10 bits per heavy atom. The van der Waals surface area contributed by atoms with Gasteiger partial charge < -0.3 is 14.5 Å². The number of rotatable bonds is 8. The van der Waals surface area contributed by atoms with E-state index in [-0.39, 0.29) is 6.04 Å². The quantitative estimate of drug-likeness (QED) is 0.784. The van der Waals surface area contributed by atoms with Crippen LogP contribution in [0.5, 0.6) is 5.75 Å². The van der Waals surface area contributed by atoms with Crippen molar-refractivity contribution in [2.24, 2.45) is 0 Å². The summed E-state index contributed by atoms with van der Waals surface area (Å²) in [5, 5.41) is 3.61. The van der Waals surface area contributed by atoms with Crippen LogP contribution in [0.15, 0.2) is 41.0 Å². The molecule has 1 unspecified atom stereocenters. The van der Waals surface area contributed by atoms with E-state index in [2.05, 4.69) is 37.4 Å². The molecule has 21 heavy (non-hydrogen) atoms. The maximum atomic E-state index is 5.59. The molecular formula is C18H25NO2. The van der Waals surface area contributed by atoms with Gasteiger partial charge in [-0.2, -0.15) is 0 Å². The molecule has 2 aromatic rings. The van der Waals surface area contributed by atoms with Gasteiger partial charge in [0.2, 0.25) is 0 Å². The normalized spacial score (nSPS) is 12.3. The van der Waals surface area contributed by atoms with Crippen LogP contribution >= 0.6 is 0 Å². The molecule has 1 heterocycles. The fourth-order valence-electron chi connectivity index (χ4n) is 2.51. The van der Waals surface area contributed by atoms with Crippen LogP contribution in [0, 0.1) is 0 Å². The van der Waals surface area contributed by atoms with Gasteiger partial charge in [-0.1, -0.05) is 26.0 Å². The van der Waals surface area contributed by atoms with Crippen molar-refractivity contribution in [3.8, 4) is 5.75 Å². The summed E-state index contributed by atoms with van der Waals surface area (Å²) in [6.07, 6.45) is 3.79. The Balaban J connectivity index is 2.26. The molecule has 1 aromatic heterocycles. The Bertz CT molecular complexity index is 530. The summed E-state index contributed by atoms with van der Waals surface area (Å²) in [6.45, 7) is 7.97. The third-order valence-corrected chi connectivity index (χ3v) is 3.53. The van der Waals surface area contributed by atoms with Crippen LogP contribution in [-0.2, 0) is 6.42 Å². The van der Waals surface area contributed by atoms with E-state index >= 15 is 0 Å². The van der Waals surface area contributed by atoms with Gasteiger partial charge in [0.25, 0.3) is 0 Å². The van der Waals surface area contributed by atoms with Crippen LogP contribution in [0.2, 0.25) is 0 Å². The third-order valence-electron chi connectivity index (χ3n) is 3.53. The maximum absolute atomic E-state index is 5.59. The van der Waals surface area contributed by atoms with Crippen molar-refractivity contribution < 1.29 is 9.15 Å². The lowest BCUT2D eigenvalue weighted by Crippen LogP contribution is -2.23. The van der Waals surface area contributed by atoms with Crippen LogP contribution in [-0.4, -0.2) is 13.2 Å². The van der Waals surface area contributed by atoms with Gasteiger partial charge in [-0.05, 0) is 43.7 Å². The largest absolute Gasteiger partial charge is 0.494 e. The Morgan fingerprint density at radius 3 is 2.48 bits per heavy atom. The van der Waals surface area contributed by atoms with Gasteiger partial charge in [0, 0.05) is 12.0 Å². The fourth-order valence-corrected chi connectivity index (χ4v) is 2.51. The Labute approximate surface area is 127 Å². The average molecular weight is 287 g/mol. The van der Waals surface area contributed by atoms with Gasteiger partial charge in [-0.25, -0.2) is 0 Å². The van der Waals surface area contributed by atoms with Gasteiger partial charge in [0.05, 0.1) is 18.9 Å². The molecule has 0 aliphatic carbocycles. The van der Waals surface area contributed by atoms with Crippen LogP contribution in [0.1, 0.15) is 50.1 Å². The SMILES string of the molecule is CCCNC(c1ccc(OCC)cc1)c1ccoc1CC. The van der Waals surface area contributed by atoms with Gasteiger partial charge in [0.15, 0.2) is 0 Å². The molecule has 0 amide bonds. The summed E-state index contributed by atoms with van der Waals surface area (Å²) < 4.78 is 11.1. The van der Waals surface area contributed by atoms with E-state index in [1.165, 1.54) is 11.1 Å². The van der Waals surface area contributed by atoms with Crippen LogP contribution < -0.4 is 10.1 Å². The molecule has 0 aliphatic rings.